The predicted octanol–water partition coefficient (Wildman–Crippen LogP) is 3.30. The highest BCUT2D eigenvalue weighted by Gasteiger charge is 2.03. The summed E-state index contributed by atoms with van der Waals surface area (Å²) in [5, 5.41) is 3.32. The Kier molecular flexibility index (Phi) is 3.63. The fourth-order valence-electron chi connectivity index (χ4n) is 2.23. The van der Waals surface area contributed by atoms with E-state index in [-0.39, 0.29) is 0 Å². The Morgan fingerprint density at radius 3 is 2.90 bits per heavy atom. The first kappa shape index (κ1) is 12.7. The van der Waals surface area contributed by atoms with Crippen LogP contribution in [-0.2, 0) is 6.54 Å². The summed E-state index contributed by atoms with van der Waals surface area (Å²) in [6, 6.07) is 14.2. The lowest BCUT2D eigenvalue weighted by Gasteiger charge is -2.07. The van der Waals surface area contributed by atoms with E-state index in [1.807, 2.05) is 42.7 Å². The molecule has 1 aromatic carbocycles. The Labute approximate surface area is 118 Å². The molecule has 0 fully saturated rings. The van der Waals surface area contributed by atoms with Crippen LogP contribution in [0.4, 0.5) is 5.82 Å². The number of hydrogen-bond acceptors (Lipinski definition) is 3. The second kappa shape index (κ2) is 5.74. The van der Waals surface area contributed by atoms with Crippen LogP contribution >= 0.6 is 0 Å². The van der Waals surface area contributed by atoms with Crippen molar-refractivity contribution in [2.45, 2.75) is 19.9 Å². The Balaban J connectivity index is 1.83. The lowest BCUT2D eigenvalue weighted by molar-refractivity contribution is 0.797. The zero-order chi connectivity index (χ0) is 13.8. The summed E-state index contributed by atoms with van der Waals surface area (Å²) in [6.07, 6.45) is 2.97. The first-order chi connectivity index (χ1) is 9.86. The van der Waals surface area contributed by atoms with Crippen LogP contribution in [-0.4, -0.2) is 21.1 Å². The molecule has 0 bridgehead atoms. The molecule has 0 unspecified atom stereocenters. The van der Waals surface area contributed by atoms with E-state index >= 15 is 0 Å². The van der Waals surface area contributed by atoms with E-state index in [1.165, 1.54) is 0 Å². The van der Waals surface area contributed by atoms with E-state index in [0.717, 1.165) is 42.1 Å². The molecule has 3 aromatic rings. The summed E-state index contributed by atoms with van der Waals surface area (Å²) in [5.74, 6) is 0.939. The first-order valence-corrected chi connectivity index (χ1v) is 6.96. The van der Waals surface area contributed by atoms with Crippen LogP contribution < -0.4 is 5.32 Å². The standard InChI is InChI=1S/C16H18N4/c1-2-10-17-16-9-5-6-13(19-16)11-20-12-18-14-7-3-4-8-15(14)20/h3-9,12H,2,10-11H2,1H3,(H,17,19). The van der Waals surface area contributed by atoms with Gasteiger partial charge in [0.15, 0.2) is 0 Å². The lowest BCUT2D eigenvalue weighted by atomic mass is 10.3. The second-order valence-electron chi connectivity index (χ2n) is 4.80. The van der Waals surface area contributed by atoms with Gasteiger partial charge < -0.3 is 9.88 Å². The summed E-state index contributed by atoms with van der Waals surface area (Å²) >= 11 is 0. The molecule has 4 nitrogen and oxygen atoms in total. The molecule has 0 aliphatic rings. The third-order valence-electron chi connectivity index (χ3n) is 3.22. The molecule has 4 heteroatoms. The zero-order valence-corrected chi connectivity index (χ0v) is 11.6. The van der Waals surface area contributed by atoms with E-state index in [2.05, 4.69) is 32.8 Å². The number of rotatable bonds is 5. The third-order valence-corrected chi connectivity index (χ3v) is 3.22. The molecular weight excluding hydrogens is 248 g/mol. The normalized spacial score (nSPS) is 10.8. The van der Waals surface area contributed by atoms with Gasteiger partial charge in [-0.2, -0.15) is 0 Å². The zero-order valence-electron chi connectivity index (χ0n) is 11.6. The molecule has 20 heavy (non-hydrogen) atoms. The van der Waals surface area contributed by atoms with Gasteiger partial charge >= 0.3 is 0 Å². The highest BCUT2D eigenvalue weighted by molar-refractivity contribution is 5.75. The van der Waals surface area contributed by atoms with Crippen LogP contribution in [0.1, 0.15) is 19.0 Å². The quantitative estimate of drug-likeness (QED) is 0.770. The molecule has 0 amide bonds. The fourth-order valence-corrected chi connectivity index (χ4v) is 2.23. The minimum absolute atomic E-state index is 0.738. The van der Waals surface area contributed by atoms with Crippen molar-refractivity contribution in [2.75, 3.05) is 11.9 Å². The van der Waals surface area contributed by atoms with Crippen molar-refractivity contribution >= 4 is 16.9 Å². The Morgan fingerprint density at radius 2 is 2.00 bits per heavy atom. The molecular formula is C16H18N4. The minimum atomic E-state index is 0.738. The summed E-state index contributed by atoms with van der Waals surface area (Å²) in [4.78, 5) is 9.04. The molecule has 0 radical (unpaired) electrons. The summed E-state index contributed by atoms with van der Waals surface area (Å²) in [7, 11) is 0. The molecule has 0 spiro atoms. The van der Waals surface area contributed by atoms with Crippen LogP contribution in [0.3, 0.4) is 0 Å². The highest BCUT2D eigenvalue weighted by atomic mass is 15.1. The number of para-hydroxylation sites is 2. The summed E-state index contributed by atoms with van der Waals surface area (Å²) in [6.45, 7) is 3.83. The van der Waals surface area contributed by atoms with Crippen molar-refractivity contribution in [3.05, 3.63) is 54.5 Å². The van der Waals surface area contributed by atoms with E-state index in [4.69, 9.17) is 0 Å². The van der Waals surface area contributed by atoms with Gasteiger partial charge in [-0.15, -0.1) is 0 Å². The Hall–Kier alpha value is -2.36. The van der Waals surface area contributed by atoms with Gasteiger partial charge in [0.2, 0.25) is 0 Å². The van der Waals surface area contributed by atoms with Gasteiger partial charge in [0, 0.05) is 6.54 Å². The lowest BCUT2D eigenvalue weighted by Crippen LogP contribution is -2.05. The number of benzene rings is 1. The topological polar surface area (TPSA) is 42.7 Å². The average molecular weight is 266 g/mol. The number of imidazole rings is 1. The largest absolute Gasteiger partial charge is 0.370 e. The maximum atomic E-state index is 4.63. The Bertz CT molecular complexity index is 702. The van der Waals surface area contributed by atoms with Crippen molar-refractivity contribution in [1.82, 2.24) is 14.5 Å². The van der Waals surface area contributed by atoms with Crippen molar-refractivity contribution < 1.29 is 0 Å². The molecule has 102 valence electrons. The van der Waals surface area contributed by atoms with Gasteiger partial charge in [-0.3, -0.25) is 0 Å². The first-order valence-electron chi connectivity index (χ1n) is 6.96. The monoisotopic (exact) mass is 266 g/mol. The van der Waals surface area contributed by atoms with E-state index in [9.17, 15) is 0 Å². The van der Waals surface area contributed by atoms with Crippen LogP contribution in [0, 0.1) is 0 Å². The molecule has 0 saturated heterocycles. The van der Waals surface area contributed by atoms with Gasteiger partial charge in [0.1, 0.15) is 5.82 Å². The smallest absolute Gasteiger partial charge is 0.126 e. The second-order valence-corrected chi connectivity index (χ2v) is 4.80. The number of pyridine rings is 1. The number of hydrogen-bond donors (Lipinski definition) is 1. The number of anilines is 1. The van der Waals surface area contributed by atoms with Gasteiger partial charge in [-0.05, 0) is 30.7 Å². The van der Waals surface area contributed by atoms with Crippen molar-refractivity contribution in [1.29, 1.82) is 0 Å². The maximum absolute atomic E-state index is 4.63. The average Bonchev–Trinajstić information content (AvgIpc) is 2.89. The van der Waals surface area contributed by atoms with Crippen molar-refractivity contribution in [2.24, 2.45) is 0 Å². The molecule has 0 aliphatic carbocycles. The van der Waals surface area contributed by atoms with Crippen LogP contribution in [0.15, 0.2) is 48.8 Å². The number of nitrogens with one attached hydrogen (secondary N) is 1. The SMILES string of the molecule is CCCNc1cccc(Cn2cnc3ccccc32)n1. The van der Waals surface area contributed by atoms with Crippen molar-refractivity contribution in [3.8, 4) is 0 Å². The molecule has 1 N–H and O–H groups in total. The van der Waals surface area contributed by atoms with E-state index in [0.29, 0.717) is 0 Å². The number of nitrogens with zero attached hydrogens (tertiary/aromatic N) is 3. The Morgan fingerprint density at radius 1 is 1.10 bits per heavy atom. The number of aromatic nitrogens is 3. The maximum Gasteiger partial charge on any atom is 0.126 e. The van der Waals surface area contributed by atoms with Crippen molar-refractivity contribution in [3.63, 3.8) is 0 Å². The third kappa shape index (κ3) is 2.64. The minimum Gasteiger partial charge on any atom is -0.370 e. The van der Waals surface area contributed by atoms with Crippen LogP contribution in [0.2, 0.25) is 0 Å². The molecule has 0 saturated carbocycles. The molecule has 2 aromatic heterocycles. The molecule has 2 heterocycles. The van der Waals surface area contributed by atoms with Gasteiger partial charge in [0.25, 0.3) is 0 Å². The van der Waals surface area contributed by atoms with E-state index in [1.54, 1.807) is 0 Å². The van der Waals surface area contributed by atoms with Gasteiger partial charge in [-0.25, -0.2) is 9.97 Å². The molecule has 3 rings (SSSR count). The summed E-state index contributed by atoms with van der Waals surface area (Å²) in [5.41, 5.74) is 3.20. The number of fused-ring (bicyclic) bond motifs is 1. The van der Waals surface area contributed by atoms with Gasteiger partial charge in [0.05, 0.1) is 29.6 Å². The predicted molar refractivity (Wildman–Crippen MR) is 81.9 cm³/mol. The van der Waals surface area contributed by atoms with E-state index < -0.39 is 0 Å². The van der Waals surface area contributed by atoms with Gasteiger partial charge in [-0.1, -0.05) is 25.1 Å². The van der Waals surface area contributed by atoms with Crippen LogP contribution in [0.5, 0.6) is 0 Å². The van der Waals surface area contributed by atoms with Crippen LogP contribution in [0.25, 0.3) is 11.0 Å². The molecule has 0 aliphatic heterocycles. The fraction of sp³-hybridized carbons (Fsp3) is 0.250. The highest BCUT2D eigenvalue weighted by Crippen LogP contribution is 2.14. The summed E-state index contributed by atoms with van der Waals surface area (Å²) < 4.78 is 2.13. The molecule has 0 atom stereocenters.